The molecule has 0 aliphatic heterocycles. The van der Waals surface area contributed by atoms with Crippen LogP contribution in [0.3, 0.4) is 0 Å². The first-order valence-electron chi connectivity index (χ1n) is 6.54. The third kappa shape index (κ3) is 2.40. The van der Waals surface area contributed by atoms with Gasteiger partial charge in [-0.05, 0) is 18.4 Å². The standard InChI is InChI=1S/C15H18FNO3/c1-8(9-6-4-5-7-10(9)16)17-13(18)11-12(14(19)20)15(11,2)3/h4-8,11-12H,1-3H3,(H,17,18)(H,19,20)/t8?,11-,12+/m1/s1. The minimum Gasteiger partial charge on any atom is -0.481 e. The van der Waals surface area contributed by atoms with Gasteiger partial charge in [-0.25, -0.2) is 4.39 Å². The number of aliphatic carboxylic acids is 1. The minimum absolute atomic E-state index is 0.335. The summed E-state index contributed by atoms with van der Waals surface area (Å²) in [6, 6.07) is 5.72. The van der Waals surface area contributed by atoms with Crippen molar-refractivity contribution in [1.82, 2.24) is 5.32 Å². The number of benzene rings is 1. The van der Waals surface area contributed by atoms with E-state index in [0.29, 0.717) is 5.56 Å². The Morgan fingerprint density at radius 1 is 1.30 bits per heavy atom. The molecule has 1 fully saturated rings. The van der Waals surface area contributed by atoms with Crippen molar-refractivity contribution in [3.05, 3.63) is 35.6 Å². The zero-order valence-electron chi connectivity index (χ0n) is 11.7. The second-order valence-corrected chi connectivity index (χ2v) is 5.87. The van der Waals surface area contributed by atoms with Crippen LogP contribution >= 0.6 is 0 Å². The van der Waals surface area contributed by atoms with Gasteiger partial charge in [0.2, 0.25) is 5.91 Å². The van der Waals surface area contributed by atoms with Crippen molar-refractivity contribution in [1.29, 1.82) is 0 Å². The number of carbonyl (C=O) groups excluding carboxylic acids is 1. The molecule has 1 aromatic rings. The van der Waals surface area contributed by atoms with Crippen LogP contribution in [-0.2, 0) is 9.59 Å². The van der Waals surface area contributed by atoms with Crippen LogP contribution in [0, 0.1) is 23.1 Å². The lowest BCUT2D eigenvalue weighted by Crippen LogP contribution is -2.30. The summed E-state index contributed by atoms with van der Waals surface area (Å²) >= 11 is 0. The number of hydrogen-bond donors (Lipinski definition) is 2. The Morgan fingerprint density at radius 2 is 1.90 bits per heavy atom. The molecule has 1 amide bonds. The first-order chi connectivity index (χ1) is 9.26. The summed E-state index contributed by atoms with van der Waals surface area (Å²) in [6.45, 7) is 5.19. The summed E-state index contributed by atoms with van der Waals surface area (Å²) in [6.07, 6.45) is 0. The quantitative estimate of drug-likeness (QED) is 0.889. The Bertz CT molecular complexity index is 556. The predicted molar refractivity (Wildman–Crippen MR) is 71.4 cm³/mol. The van der Waals surface area contributed by atoms with Crippen molar-refractivity contribution in [2.75, 3.05) is 0 Å². The van der Waals surface area contributed by atoms with E-state index in [-0.39, 0.29) is 11.7 Å². The molecule has 2 N–H and O–H groups in total. The SMILES string of the molecule is CC(NC(=O)[C@H]1[C@@H](C(=O)O)C1(C)C)c1ccccc1F. The van der Waals surface area contributed by atoms with Crippen molar-refractivity contribution in [2.24, 2.45) is 17.3 Å². The molecule has 0 saturated heterocycles. The van der Waals surface area contributed by atoms with E-state index in [2.05, 4.69) is 5.32 Å². The van der Waals surface area contributed by atoms with E-state index in [1.54, 1.807) is 39.0 Å². The molecule has 3 atom stereocenters. The summed E-state index contributed by atoms with van der Waals surface area (Å²) in [4.78, 5) is 23.2. The fourth-order valence-electron chi connectivity index (χ4n) is 2.80. The molecule has 0 bridgehead atoms. The Kier molecular flexibility index (Phi) is 3.54. The van der Waals surface area contributed by atoms with E-state index in [0.717, 1.165) is 0 Å². The van der Waals surface area contributed by atoms with E-state index in [1.165, 1.54) is 6.07 Å². The van der Waals surface area contributed by atoms with Crippen LogP contribution < -0.4 is 5.32 Å². The van der Waals surface area contributed by atoms with Crippen molar-refractivity contribution in [3.8, 4) is 0 Å². The van der Waals surface area contributed by atoms with Gasteiger partial charge in [0.05, 0.1) is 17.9 Å². The van der Waals surface area contributed by atoms with Crippen LogP contribution in [0.5, 0.6) is 0 Å². The number of halogens is 1. The molecular weight excluding hydrogens is 261 g/mol. The normalized spacial score (nSPS) is 24.8. The van der Waals surface area contributed by atoms with Crippen molar-refractivity contribution < 1.29 is 19.1 Å². The highest BCUT2D eigenvalue weighted by Crippen LogP contribution is 2.58. The summed E-state index contributed by atoms with van der Waals surface area (Å²) in [5.74, 6) is -2.92. The molecule has 5 heteroatoms. The van der Waals surface area contributed by atoms with Crippen molar-refractivity contribution >= 4 is 11.9 Å². The van der Waals surface area contributed by atoms with Gasteiger partial charge < -0.3 is 10.4 Å². The average Bonchev–Trinajstić information content (AvgIpc) is 2.93. The Balaban J connectivity index is 2.07. The Morgan fingerprint density at radius 3 is 2.40 bits per heavy atom. The van der Waals surface area contributed by atoms with Crippen LogP contribution in [0.25, 0.3) is 0 Å². The Labute approximate surface area is 117 Å². The van der Waals surface area contributed by atoms with E-state index < -0.39 is 29.3 Å². The summed E-state index contributed by atoms with van der Waals surface area (Å²) < 4.78 is 13.6. The molecule has 0 spiro atoms. The molecule has 0 radical (unpaired) electrons. The van der Waals surface area contributed by atoms with E-state index >= 15 is 0 Å². The molecule has 2 rings (SSSR count). The second-order valence-electron chi connectivity index (χ2n) is 5.87. The van der Waals surface area contributed by atoms with Gasteiger partial charge in [0.1, 0.15) is 5.82 Å². The molecule has 1 aliphatic carbocycles. The number of carboxylic acids is 1. The highest BCUT2D eigenvalue weighted by molar-refractivity contribution is 5.91. The Hall–Kier alpha value is -1.91. The smallest absolute Gasteiger partial charge is 0.307 e. The molecule has 1 aliphatic rings. The van der Waals surface area contributed by atoms with Crippen molar-refractivity contribution in [2.45, 2.75) is 26.8 Å². The number of hydrogen-bond acceptors (Lipinski definition) is 2. The lowest BCUT2D eigenvalue weighted by Gasteiger charge is -2.15. The van der Waals surface area contributed by atoms with Gasteiger partial charge in [-0.1, -0.05) is 32.0 Å². The molecule has 1 saturated carbocycles. The molecule has 4 nitrogen and oxygen atoms in total. The average molecular weight is 279 g/mol. The van der Waals surface area contributed by atoms with Gasteiger partial charge in [0.25, 0.3) is 0 Å². The largest absolute Gasteiger partial charge is 0.481 e. The van der Waals surface area contributed by atoms with Crippen LogP contribution in [0.2, 0.25) is 0 Å². The molecule has 108 valence electrons. The predicted octanol–water partition coefficient (Wildman–Crippen LogP) is 2.36. The molecule has 1 unspecified atom stereocenters. The zero-order valence-corrected chi connectivity index (χ0v) is 11.7. The maximum Gasteiger partial charge on any atom is 0.307 e. The number of carbonyl (C=O) groups is 2. The minimum atomic E-state index is -0.964. The lowest BCUT2D eigenvalue weighted by atomic mass is 10.1. The second kappa shape index (κ2) is 4.89. The number of nitrogens with one attached hydrogen (secondary N) is 1. The van der Waals surface area contributed by atoms with Gasteiger partial charge in [0.15, 0.2) is 0 Å². The van der Waals surface area contributed by atoms with E-state index in [9.17, 15) is 14.0 Å². The summed E-state index contributed by atoms with van der Waals surface area (Å²) in [5.41, 5.74) is -0.156. The van der Waals surface area contributed by atoms with E-state index in [1.807, 2.05) is 0 Å². The monoisotopic (exact) mass is 279 g/mol. The maximum absolute atomic E-state index is 13.6. The highest BCUT2D eigenvalue weighted by atomic mass is 19.1. The first-order valence-corrected chi connectivity index (χ1v) is 6.54. The zero-order chi connectivity index (χ0) is 15.1. The van der Waals surface area contributed by atoms with Gasteiger partial charge in [0, 0.05) is 5.56 Å². The molecule has 1 aromatic carbocycles. The van der Waals surface area contributed by atoms with Crippen LogP contribution in [0.4, 0.5) is 4.39 Å². The third-order valence-corrected chi connectivity index (χ3v) is 4.11. The fraction of sp³-hybridized carbons (Fsp3) is 0.467. The summed E-state index contributed by atoms with van der Waals surface area (Å²) in [5, 5.41) is 11.8. The van der Waals surface area contributed by atoms with Gasteiger partial charge in [-0.3, -0.25) is 9.59 Å². The number of amides is 1. The van der Waals surface area contributed by atoms with Gasteiger partial charge in [-0.2, -0.15) is 0 Å². The molecule has 0 aromatic heterocycles. The summed E-state index contributed by atoms with van der Waals surface area (Å²) in [7, 11) is 0. The van der Waals surface area contributed by atoms with Crippen LogP contribution in [-0.4, -0.2) is 17.0 Å². The number of carboxylic acid groups (broad SMARTS) is 1. The molecular formula is C15H18FNO3. The highest BCUT2D eigenvalue weighted by Gasteiger charge is 2.65. The maximum atomic E-state index is 13.6. The third-order valence-electron chi connectivity index (χ3n) is 4.11. The van der Waals surface area contributed by atoms with Crippen LogP contribution in [0.1, 0.15) is 32.4 Å². The van der Waals surface area contributed by atoms with E-state index in [4.69, 9.17) is 5.11 Å². The molecule has 20 heavy (non-hydrogen) atoms. The van der Waals surface area contributed by atoms with Crippen LogP contribution in [0.15, 0.2) is 24.3 Å². The van der Waals surface area contributed by atoms with Crippen molar-refractivity contribution in [3.63, 3.8) is 0 Å². The van der Waals surface area contributed by atoms with Gasteiger partial charge in [-0.15, -0.1) is 0 Å². The lowest BCUT2D eigenvalue weighted by molar-refractivity contribution is -0.140. The molecule has 0 heterocycles. The topological polar surface area (TPSA) is 66.4 Å². The fourth-order valence-corrected chi connectivity index (χ4v) is 2.80. The van der Waals surface area contributed by atoms with Gasteiger partial charge >= 0.3 is 5.97 Å². The first kappa shape index (κ1) is 14.5. The number of rotatable bonds is 4.